The minimum Gasteiger partial charge on any atom is -0.246 e. The number of hydrogen-bond donors (Lipinski definition) is 0. The van der Waals surface area contributed by atoms with Gasteiger partial charge in [-0.15, -0.1) is 11.8 Å². The molecule has 0 aromatic carbocycles. The molecule has 1 aromatic heterocycles. The molecule has 0 unspecified atom stereocenters. The molecule has 0 spiro atoms. The standard InChI is InChI=1S/C10H14BrNS/c1-7(2)6-13-10-5-4-9(11)8(3)12-10/h4-5,7H,6H2,1-3H3. The molecule has 0 amide bonds. The van der Waals surface area contributed by atoms with Crippen LogP contribution in [0, 0.1) is 12.8 Å². The maximum Gasteiger partial charge on any atom is 0.0963 e. The lowest BCUT2D eigenvalue weighted by molar-refractivity contribution is 0.749. The van der Waals surface area contributed by atoms with E-state index >= 15 is 0 Å². The largest absolute Gasteiger partial charge is 0.246 e. The van der Waals surface area contributed by atoms with E-state index in [0.29, 0.717) is 0 Å². The summed E-state index contributed by atoms with van der Waals surface area (Å²) in [6.45, 7) is 6.46. The molecule has 72 valence electrons. The van der Waals surface area contributed by atoms with Crippen molar-refractivity contribution in [3.63, 3.8) is 0 Å². The van der Waals surface area contributed by atoms with Gasteiger partial charge in [-0.25, -0.2) is 4.98 Å². The summed E-state index contributed by atoms with van der Waals surface area (Å²) in [6, 6.07) is 4.12. The second-order valence-electron chi connectivity index (χ2n) is 3.42. The molecule has 0 N–H and O–H groups in total. The van der Waals surface area contributed by atoms with Crippen molar-refractivity contribution in [3.05, 3.63) is 22.3 Å². The van der Waals surface area contributed by atoms with Crippen molar-refractivity contribution in [2.75, 3.05) is 5.75 Å². The fourth-order valence-corrected chi connectivity index (χ4v) is 1.94. The number of rotatable bonds is 3. The van der Waals surface area contributed by atoms with Gasteiger partial charge in [-0.1, -0.05) is 13.8 Å². The SMILES string of the molecule is Cc1nc(SCC(C)C)ccc1Br. The zero-order valence-electron chi connectivity index (χ0n) is 8.17. The second-order valence-corrected chi connectivity index (χ2v) is 5.32. The number of hydrogen-bond acceptors (Lipinski definition) is 2. The van der Waals surface area contributed by atoms with Crippen LogP contribution in [0.15, 0.2) is 21.6 Å². The second kappa shape index (κ2) is 5.01. The van der Waals surface area contributed by atoms with Gasteiger partial charge in [0.05, 0.1) is 10.7 Å². The van der Waals surface area contributed by atoms with Crippen LogP contribution in [-0.4, -0.2) is 10.7 Å². The molecule has 3 heteroatoms. The summed E-state index contributed by atoms with van der Waals surface area (Å²) in [7, 11) is 0. The van der Waals surface area contributed by atoms with Crippen LogP contribution in [-0.2, 0) is 0 Å². The zero-order chi connectivity index (χ0) is 9.84. The number of aromatic nitrogens is 1. The molecule has 1 rings (SSSR count). The Hall–Kier alpha value is -0.0200. The number of pyridine rings is 1. The van der Waals surface area contributed by atoms with E-state index in [9.17, 15) is 0 Å². The molecule has 0 aliphatic carbocycles. The predicted octanol–water partition coefficient (Wildman–Crippen LogP) is 3.90. The van der Waals surface area contributed by atoms with Crippen molar-refractivity contribution in [3.8, 4) is 0 Å². The van der Waals surface area contributed by atoms with E-state index in [4.69, 9.17) is 0 Å². The van der Waals surface area contributed by atoms with Gasteiger partial charge < -0.3 is 0 Å². The Kier molecular flexibility index (Phi) is 4.26. The highest BCUT2D eigenvalue weighted by atomic mass is 79.9. The fourth-order valence-electron chi connectivity index (χ4n) is 0.853. The number of aryl methyl sites for hydroxylation is 1. The lowest BCUT2D eigenvalue weighted by atomic mass is 10.3. The van der Waals surface area contributed by atoms with Gasteiger partial charge in [0.25, 0.3) is 0 Å². The van der Waals surface area contributed by atoms with Gasteiger partial charge in [0, 0.05) is 10.2 Å². The van der Waals surface area contributed by atoms with Crippen LogP contribution in [0.4, 0.5) is 0 Å². The average molecular weight is 260 g/mol. The minimum absolute atomic E-state index is 0.718. The Balaban J connectivity index is 2.63. The van der Waals surface area contributed by atoms with E-state index in [1.165, 1.54) is 0 Å². The monoisotopic (exact) mass is 259 g/mol. The molecule has 0 aliphatic rings. The van der Waals surface area contributed by atoms with Crippen molar-refractivity contribution in [2.24, 2.45) is 5.92 Å². The summed E-state index contributed by atoms with van der Waals surface area (Å²) >= 11 is 5.26. The summed E-state index contributed by atoms with van der Waals surface area (Å²) < 4.78 is 1.08. The molecule has 0 saturated heterocycles. The van der Waals surface area contributed by atoms with Gasteiger partial charge in [0.15, 0.2) is 0 Å². The van der Waals surface area contributed by atoms with Crippen molar-refractivity contribution in [2.45, 2.75) is 25.8 Å². The summed E-state index contributed by atoms with van der Waals surface area (Å²) in [5.74, 6) is 1.85. The fraction of sp³-hybridized carbons (Fsp3) is 0.500. The first-order valence-electron chi connectivity index (χ1n) is 4.35. The molecule has 0 bridgehead atoms. The van der Waals surface area contributed by atoms with Crippen molar-refractivity contribution < 1.29 is 0 Å². The van der Waals surface area contributed by atoms with Gasteiger partial charge in [-0.3, -0.25) is 0 Å². The summed E-state index contributed by atoms with van der Waals surface area (Å²) in [5, 5.41) is 1.12. The molecule has 1 nitrogen and oxygen atoms in total. The molecule has 0 atom stereocenters. The molecule has 1 heterocycles. The lowest BCUT2D eigenvalue weighted by Crippen LogP contribution is -1.92. The smallest absolute Gasteiger partial charge is 0.0963 e. The molecule has 0 aliphatic heterocycles. The normalized spacial score (nSPS) is 10.8. The Morgan fingerprint density at radius 2 is 2.15 bits per heavy atom. The Bertz CT molecular complexity index is 286. The third kappa shape index (κ3) is 3.69. The molecular formula is C10H14BrNS. The highest BCUT2D eigenvalue weighted by Crippen LogP contribution is 2.22. The lowest BCUT2D eigenvalue weighted by Gasteiger charge is -2.05. The Morgan fingerprint density at radius 3 is 2.69 bits per heavy atom. The highest BCUT2D eigenvalue weighted by molar-refractivity contribution is 9.10. The molecule has 0 fully saturated rings. The number of halogens is 1. The van der Waals surface area contributed by atoms with E-state index in [1.54, 1.807) is 0 Å². The van der Waals surface area contributed by atoms with Crippen LogP contribution in [0.5, 0.6) is 0 Å². The Labute approximate surface area is 92.5 Å². The van der Waals surface area contributed by atoms with E-state index in [1.807, 2.05) is 18.7 Å². The maximum atomic E-state index is 4.46. The first kappa shape index (κ1) is 11.1. The topological polar surface area (TPSA) is 12.9 Å². The van der Waals surface area contributed by atoms with Gasteiger partial charge >= 0.3 is 0 Å². The summed E-state index contributed by atoms with van der Waals surface area (Å²) in [5.41, 5.74) is 1.06. The van der Waals surface area contributed by atoms with Crippen LogP contribution >= 0.6 is 27.7 Å². The van der Waals surface area contributed by atoms with E-state index in [0.717, 1.165) is 26.9 Å². The summed E-state index contributed by atoms with van der Waals surface area (Å²) in [6.07, 6.45) is 0. The van der Waals surface area contributed by atoms with Gasteiger partial charge in [-0.05, 0) is 40.9 Å². The van der Waals surface area contributed by atoms with Crippen molar-refractivity contribution in [1.82, 2.24) is 4.98 Å². The van der Waals surface area contributed by atoms with Gasteiger partial charge in [0.2, 0.25) is 0 Å². The van der Waals surface area contributed by atoms with Gasteiger partial charge in [0.1, 0.15) is 0 Å². The third-order valence-corrected chi connectivity index (χ3v) is 3.75. The quantitative estimate of drug-likeness (QED) is 0.764. The predicted molar refractivity (Wildman–Crippen MR) is 62.2 cm³/mol. The molecule has 1 aromatic rings. The van der Waals surface area contributed by atoms with Gasteiger partial charge in [-0.2, -0.15) is 0 Å². The van der Waals surface area contributed by atoms with Crippen LogP contribution in [0.25, 0.3) is 0 Å². The van der Waals surface area contributed by atoms with Crippen LogP contribution in [0.1, 0.15) is 19.5 Å². The molecule has 0 saturated carbocycles. The summed E-state index contributed by atoms with van der Waals surface area (Å²) in [4.78, 5) is 4.46. The first-order valence-corrected chi connectivity index (χ1v) is 6.13. The maximum absolute atomic E-state index is 4.46. The Morgan fingerprint density at radius 1 is 1.46 bits per heavy atom. The van der Waals surface area contributed by atoms with Crippen LogP contribution in [0.3, 0.4) is 0 Å². The molecule has 0 radical (unpaired) electrons. The first-order chi connectivity index (χ1) is 6.09. The number of nitrogens with zero attached hydrogens (tertiary/aromatic N) is 1. The minimum atomic E-state index is 0.718. The van der Waals surface area contributed by atoms with Crippen LogP contribution < -0.4 is 0 Å². The van der Waals surface area contributed by atoms with Crippen LogP contribution in [0.2, 0.25) is 0 Å². The number of thioether (sulfide) groups is 1. The van der Waals surface area contributed by atoms with E-state index in [-0.39, 0.29) is 0 Å². The van der Waals surface area contributed by atoms with Crippen molar-refractivity contribution in [1.29, 1.82) is 0 Å². The highest BCUT2D eigenvalue weighted by Gasteiger charge is 2.01. The van der Waals surface area contributed by atoms with Crippen molar-refractivity contribution >= 4 is 27.7 Å². The third-order valence-electron chi connectivity index (χ3n) is 1.56. The zero-order valence-corrected chi connectivity index (χ0v) is 10.6. The average Bonchev–Trinajstić information content (AvgIpc) is 2.07. The van der Waals surface area contributed by atoms with E-state index in [2.05, 4.69) is 46.9 Å². The molecule has 13 heavy (non-hydrogen) atoms. The molecular weight excluding hydrogens is 246 g/mol. The van der Waals surface area contributed by atoms with E-state index < -0.39 is 0 Å².